The van der Waals surface area contributed by atoms with E-state index in [1.54, 1.807) is 14.0 Å². The molecule has 0 saturated carbocycles. The van der Waals surface area contributed by atoms with Crippen molar-refractivity contribution in [2.24, 2.45) is 5.92 Å². The van der Waals surface area contributed by atoms with E-state index in [1.165, 1.54) is 5.56 Å². The molecule has 1 amide bonds. The van der Waals surface area contributed by atoms with E-state index < -0.39 is 11.9 Å². The molecule has 4 rings (SSSR count). The van der Waals surface area contributed by atoms with Crippen LogP contribution >= 0.6 is 0 Å². The number of methoxy groups -OCH3 is 1. The van der Waals surface area contributed by atoms with Crippen molar-refractivity contribution in [2.75, 3.05) is 64.0 Å². The molecule has 0 unspecified atom stereocenters. The Bertz CT molecular complexity index is 1370. The minimum absolute atomic E-state index is 0.151. The van der Waals surface area contributed by atoms with Gasteiger partial charge in [0.05, 0.1) is 25.6 Å². The minimum Gasteiger partial charge on any atom is -0.496 e. The summed E-state index contributed by atoms with van der Waals surface area (Å²) in [4.78, 5) is 36.6. The summed E-state index contributed by atoms with van der Waals surface area (Å²) in [5, 5.41) is 15.2. The average Bonchev–Trinajstić information content (AvgIpc) is 3.38. The summed E-state index contributed by atoms with van der Waals surface area (Å²) in [7, 11) is 1.71. The van der Waals surface area contributed by atoms with Crippen LogP contribution in [0.5, 0.6) is 5.75 Å². The first-order chi connectivity index (χ1) is 20.8. The maximum absolute atomic E-state index is 12.1. The number of carbonyl (C=O) groups excluding carboxylic acids is 1. The quantitative estimate of drug-likeness (QED) is 0.182. The zero-order chi connectivity index (χ0) is 30.8. The molecule has 1 aliphatic rings. The Labute approximate surface area is 253 Å². The summed E-state index contributed by atoms with van der Waals surface area (Å²) in [6.45, 7) is 11.1. The van der Waals surface area contributed by atoms with Crippen molar-refractivity contribution in [3.8, 4) is 5.75 Å². The van der Waals surface area contributed by atoms with Crippen molar-refractivity contribution in [2.45, 2.75) is 52.6 Å². The fourth-order valence-corrected chi connectivity index (χ4v) is 5.46. The van der Waals surface area contributed by atoms with Crippen LogP contribution in [0.3, 0.4) is 0 Å². The van der Waals surface area contributed by atoms with Gasteiger partial charge in [-0.1, -0.05) is 38.8 Å². The van der Waals surface area contributed by atoms with Gasteiger partial charge in [-0.25, -0.2) is 4.98 Å². The van der Waals surface area contributed by atoms with E-state index in [9.17, 15) is 9.59 Å². The second kappa shape index (κ2) is 15.5. The van der Waals surface area contributed by atoms with Crippen LogP contribution in [0.15, 0.2) is 30.5 Å². The Hall–Kier alpha value is -3.90. The van der Waals surface area contributed by atoms with E-state index in [0.29, 0.717) is 13.1 Å². The molecule has 0 bridgehead atoms. The van der Waals surface area contributed by atoms with Gasteiger partial charge in [0.1, 0.15) is 11.3 Å². The van der Waals surface area contributed by atoms with Crippen LogP contribution in [0.2, 0.25) is 0 Å². The topological polar surface area (TPSA) is 151 Å². The molecule has 43 heavy (non-hydrogen) atoms. The lowest BCUT2D eigenvalue weighted by atomic mass is 10.1. The highest BCUT2D eigenvalue weighted by Crippen LogP contribution is 2.27. The predicted octanol–water partition coefficient (Wildman–Crippen LogP) is 3.02. The van der Waals surface area contributed by atoms with Crippen molar-refractivity contribution in [1.82, 2.24) is 29.7 Å². The van der Waals surface area contributed by atoms with E-state index in [-0.39, 0.29) is 18.3 Å². The number of rotatable bonds is 16. The first-order valence-corrected chi connectivity index (χ1v) is 15.2. The van der Waals surface area contributed by atoms with E-state index >= 15 is 0 Å². The SMILES string of the molecule is CCCCCNc1nc(N)nc2ccn(Cc3ccc(CN4CCN(CCNC(=O)[C@@H](C)CC(=O)O)CC4)cc3OC)c12. The predicted molar refractivity (Wildman–Crippen MR) is 168 cm³/mol. The highest BCUT2D eigenvalue weighted by molar-refractivity contribution is 5.87. The van der Waals surface area contributed by atoms with Gasteiger partial charge in [0.2, 0.25) is 11.9 Å². The molecule has 0 spiro atoms. The summed E-state index contributed by atoms with van der Waals surface area (Å²) in [6, 6.07) is 8.40. The van der Waals surface area contributed by atoms with Crippen molar-refractivity contribution in [3.63, 3.8) is 0 Å². The zero-order valence-corrected chi connectivity index (χ0v) is 25.6. The van der Waals surface area contributed by atoms with Gasteiger partial charge in [0.15, 0.2) is 5.82 Å². The molecule has 1 aliphatic heterocycles. The monoisotopic (exact) mass is 594 g/mol. The number of anilines is 2. The Morgan fingerprint density at radius 2 is 1.84 bits per heavy atom. The second-order valence-electron chi connectivity index (χ2n) is 11.3. The molecule has 0 radical (unpaired) electrons. The van der Waals surface area contributed by atoms with Crippen molar-refractivity contribution in [3.05, 3.63) is 41.6 Å². The number of piperazine rings is 1. The molecule has 1 fully saturated rings. The van der Waals surface area contributed by atoms with Gasteiger partial charge in [-0.15, -0.1) is 0 Å². The number of hydrogen-bond donors (Lipinski definition) is 4. The molecule has 1 aromatic carbocycles. The highest BCUT2D eigenvalue weighted by Gasteiger charge is 2.20. The molecule has 3 aromatic rings. The number of aliphatic carboxylic acids is 1. The van der Waals surface area contributed by atoms with Gasteiger partial charge in [-0.05, 0) is 24.1 Å². The van der Waals surface area contributed by atoms with Crippen LogP contribution in [-0.4, -0.2) is 94.2 Å². The molecular weight excluding hydrogens is 548 g/mol. The third-order valence-corrected chi connectivity index (χ3v) is 7.92. The maximum atomic E-state index is 12.1. The first kappa shape index (κ1) is 32.0. The number of carbonyl (C=O) groups is 2. The normalized spacial score (nSPS) is 15.0. The van der Waals surface area contributed by atoms with Crippen LogP contribution in [-0.2, 0) is 22.7 Å². The number of carboxylic acids is 1. The number of carboxylic acid groups (broad SMARTS) is 1. The lowest BCUT2D eigenvalue weighted by Crippen LogP contribution is -2.48. The smallest absolute Gasteiger partial charge is 0.304 e. The van der Waals surface area contributed by atoms with E-state index in [2.05, 4.69) is 60.1 Å². The molecule has 1 atom stereocenters. The Morgan fingerprint density at radius 3 is 2.56 bits per heavy atom. The highest BCUT2D eigenvalue weighted by atomic mass is 16.5. The number of unbranched alkanes of at least 4 members (excludes halogenated alkanes) is 2. The first-order valence-electron chi connectivity index (χ1n) is 15.2. The number of aromatic nitrogens is 3. The van der Waals surface area contributed by atoms with Gasteiger partial charge >= 0.3 is 5.97 Å². The molecule has 12 heteroatoms. The molecular formula is C31H46N8O4. The van der Waals surface area contributed by atoms with Gasteiger partial charge < -0.3 is 30.8 Å². The minimum atomic E-state index is -0.957. The number of hydrogen-bond acceptors (Lipinski definition) is 9. The van der Waals surface area contributed by atoms with Crippen LogP contribution in [0.4, 0.5) is 11.8 Å². The molecule has 0 aliphatic carbocycles. The van der Waals surface area contributed by atoms with Crippen molar-refractivity contribution < 1.29 is 19.4 Å². The molecule has 5 N–H and O–H groups in total. The number of nitrogens with zero attached hydrogens (tertiary/aromatic N) is 5. The lowest BCUT2D eigenvalue weighted by molar-refractivity contribution is -0.140. The molecule has 2 aromatic heterocycles. The number of nitrogens with two attached hydrogens (primary N) is 1. The fraction of sp³-hybridized carbons (Fsp3) is 0.548. The molecule has 3 heterocycles. The third-order valence-electron chi connectivity index (χ3n) is 7.92. The van der Waals surface area contributed by atoms with Crippen LogP contribution < -0.4 is 21.1 Å². The summed E-state index contributed by atoms with van der Waals surface area (Å²) in [6.07, 6.45) is 5.26. The van der Waals surface area contributed by atoms with Gasteiger partial charge in [0, 0.05) is 70.0 Å². The van der Waals surface area contributed by atoms with E-state index in [0.717, 1.165) is 93.2 Å². The Morgan fingerprint density at radius 1 is 1.07 bits per heavy atom. The number of nitrogens with one attached hydrogen (secondary N) is 2. The molecule has 1 saturated heterocycles. The van der Waals surface area contributed by atoms with Gasteiger partial charge in [-0.3, -0.25) is 19.4 Å². The third kappa shape index (κ3) is 9.04. The Balaban J connectivity index is 1.31. The number of fused-ring (bicyclic) bond motifs is 1. The lowest BCUT2D eigenvalue weighted by Gasteiger charge is -2.34. The van der Waals surface area contributed by atoms with Crippen LogP contribution in [0, 0.1) is 5.92 Å². The number of nitrogen functional groups attached to an aromatic ring is 1. The Kier molecular flexibility index (Phi) is 11.6. The maximum Gasteiger partial charge on any atom is 0.304 e. The summed E-state index contributed by atoms with van der Waals surface area (Å²) in [5.74, 6) is 0.180. The molecule has 234 valence electrons. The fourth-order valence-electron chi connectivity index (χ4n) is 5.46. The number of ether oxygens (including phenoxy) is 1. The largest absolute Gasteiger partial charge is 0.496 e. The van der Waals surface area contributed by atoms with Crippen molar-refractivity contribution >= 4 is 34.7 Å². The van der Waals surface area contributed by atoms with Gasteiger partial charge in [0.25, 0.3) is 0 Å². The standard InChI is InChI=1S/C31H46N8O4/c1-4-5-6-10-33-29-28-25(35-31(32)36-29)9-12-39(28)21-24-8-7-23(19-26(24)43-3)20-38-16-14-37(15-17-38)13-11-34-30(42)22(2)18-27(40)41/h7-9,12,19,22H,4-6,10-11,13-18,20-21H2,1-3H3,(H,34,42)(H,40,41)(H3,32,33,35,36)/t22-/m0/s1. The zero-order valence-electron chi connectivity index (χ0n) is 25.6. The van der Waals surface area contributed by atoms with E-state index in [4.69, 9.17) is 15.6 Å². The molecule has 12 nitrogen and oxygen atoms in total. The number of benzene rings is 1. The van der Waals surface area contributed by atoms with Crippen LogP contribution in [0.1, 0.15) is 50.7 Å². The summed E-state index contributed by atoms with van der Waals surface area (Å²) >= 11 is 0. The average molecular weight is 595 g/mol. The van der Waals surface area contributed by atoms with Crippen LogP contribution in [0.25, 0.3) is 11.0 Å². The van der Waals surface area contributed by atoms with E-state index in [1.807, 2.05) is 12.3 Å². The number of amides is 1. The summed E-state index contributed by atoms with van der Waals surface area (Å²) < 4.78 is 7.96. The van der Waals surface area contributed by atoms with Gasteiger partial charge in [-0.2, -0.15) is 4.98 Å². The van der Waals surface area contributed by atoms with Crippen molar-refractivity contribution in [1.29, 1.82) is 0 Å². The summed E-state index contributed by atoms with van der Waals surface area (Å²) in [5.41, 5.74) is 10.0. The second-order valence-corrected chi connectivity index (χ2v) is 11.3.